The molecule has 0 radical (unpaired) electrons. The first-order valence-electron chi connectivity index (χ1n) is 6.79. The molecule has 1 atom stereocenters. The fraction of sp³-hybridized carbons (Fsp3) is 0.125. The number of fused-ring (bicyclic) bond motifs is 1. The zero-order chi connectivity index (χ0) is 15.5. The van der Waals surface area contributed by atoms with Gasteiger partial charge in [-0.25, -0.2) is 4.98 Å². The smallest absolute Gasteiger partial charge is 0.237 e. The summed E-state index contributed by atoms with van der Waals surface area (Å²) in [5.41, 5.74) is 2.55. The van der Waals surface area contributed by atoms with Crippen molar-refractivity contribution in [2.24, 2.45) is 0 Å². The predicted octanol–water partition coefficient (Wildman–Crippen LogP) is 4.34. The number of para-hydroxylation sites is 2. The first-order valence-corrected chi connectivity index (χ1v) is 8.05. The van der Waals surface area contributed by atoms with Crippen molar-refractivity contribution in [2.75, 3.05) is 5.32 Å². The highest BCUT2D eigenvalue weighted by molar-refractivity contribution is 8.00. The standard InChI is InChI=1S/C16H14ClN3OS/c1-10(15(21)18-12-6-4-5-11(17)9-12)22-16-19-13-7-2-3-8-14(13)20-16/h2-10H,1H3,(H,18,21)(H,19,20)/t10-/m1/s1. The van der Waals surface area contributed by atoms with Crippen LogP contribution in [0.15, 0.2) is 53.7 Å². The van der Waals surface area contributed by atoms with Gasteiger partial charge < -0.3 is 10.3 Å². The Morgan fingerprint density at radius 1 is 1.27 bits per heavy atom. The Kier molecular flexibility index (Phi) is 4.36. The Hall–Kier alpha value is -1.98. The van der Waals surface area contributed by atoms with Crippen LogP contribution in [0.2, 0.25) is 5.02 Å². The minimum absolute atomic E-state index is 0.0901. The molecule has 112 valence electrons. The number of H-pyrrole nitrogens is 1. The maximum absolute atomic E-state index is 12.2. The van der Waals surface area contributed by atoms with Gasteiger partial charge >= 0.3 is 0 Å². The number of carbonyl (C=O) groups excluding carboxylic acids is 1. The fourth-order valence-electron chi connectivity index (χ4n) is 2.02. The van der Waals surface area contributed by atoms with Crippen LogP contribution in [0.1, 0.15) is 6.92 Å². The number of nitrogens with zero attached hydrogens (tertiary/aromatic N) is 1. The van der Waals surface area contributed by atoms with Crippen molar-refractivity contribution in [3.8, 4) is 0 Å². The molecule has 0 aliphatic heterocycles. The third kappa shape index (κ3) is 3.43. The number of hydrogen-bond donors (Lipinski definition) is 2. The summed E-state index contributed by atoms with van der Waals surface area (Å²) >= 11 is 7.30. The highest BCUT2D eigenvalue weighted by Crippen LogP contribution is 2.24. The summed E-state index contributed by atoms with van der Waals surface area (Å²) in [5, 5.41) is 3.90. The van der Waals surface area contributed by atoms with Gasteiger partial charge in [0.15, 0.2) is 5.16 Å². The second-order valence-corrected chi connectivity index (χ2v) is 6.58. The molecule has 0 aliphatic carbocycles. The molecule has 3 aromatic rings. The molecule has 0 bridgehead atoms. The van der Waals surface area contributed by atoms with Gasteiger partial charge in [0.05, 0.1) is 16.3 Å². The van der Waals surface area contributed by atoms with Crippen molar-refractivity contribution in [3.05, 3.63) is 53.6 Å². The van der Waals surface area contributed by atoms with Gasteiger partial charge in [-0.2, -0.15) is 0 Å². The third-order valence-electron chi connectivity index (χ3n) is 3.12. The number of anilines is 1. The number of imidazole rings is 1. The number of aromatic amines is 1. The summed E-state index contributed by atoms with van der Waals surface area (Å²) in [6, 6.07) is 14.9. The van der Waals surface area contributed by atoms with Gasteiger partial charge in [0.2, 0.25) is 5.91 Å². The zero-order valence-electron chi connectivity index (χ0n) is 11.8. The second kappa shape index (κ2) is 6.42. The zero-order valence-corrected chi connectivity index (χ0v) is 13.4. The van der Waals surface area contributed by atoms with E-state index in [0.29, 0.717) is 10.7 Å². The van der Waals surface area contributed by atoms with E-state index >= 15 is 0 Å². The van der Waals surface area contributed by atoms with E-state index in [1.807, 2.05) is 37.3 Å². The average Bonchev–Trinajstić information content (AvgIpc) is 2.89. The minimum atomic E-state index is -0.278. The van der Waals surface area contributed by atoms with Crippen LogP contribution in [-0.2, 0) is 4.79 Å². The van der Waals surface area contributed by atoms with Gasteiger partial charge in [0.1, 0.15) is 0 Å². The lowest BCUT2D eigenvalue weighted by Crippen LogP contribution is -2.22. The van der Waals surface area contributed by atoms with Crippen LogP contribution < -0.4 is 5.32 Å². The summed E-state index contributed by atoms with van der Waals surface area (Å²) in [6.07, 6.45) is 0. The second-order valence-electron chi connectivity index (χ2n) is 4.82. The summed E-state index contributed by atoms with van der Waals surface area (Å²) in [5.74, 6) is -0.0901. The normalized spacial score (nSPS) is 12.3. The van der Waals surface area contributed by atoms with Crippen LogP contribution in [-0.4, -0.2) is 21.1 Å². The largest absolute Gasteiger partial charge is 0.333 e. The number of thioether (sulfide) groups is 1. The van der Waals surface area contributed by atoms with Crippen LogP contribution >= 0.6 is 23.4 Å². The fourth-order valence-corrected chi connectivity index (χ4v) is 3.03. The highest BCUT2D eigenvalue weighted by Gasteiger charge is 2.16. The topological polar surface area (TPSA) is 57.8 Å². The quantitative estimate of drug-likeness (QED) is 0.699. The van der Waals surface area contributed by atoms with E-state index in [4.69, 9.17) is 11.6 Å². The lowest BCUT2D eigenvalue weighted by atomic mass is 10.3. The number of rotatable bonds is 4. The SMILES string of the molecule is C[C@@H](Sc1nc2ccccc2[nH]1)C(=O)Nc1cccc(Cl)c1. The van der Waals surface area contributed by atoms with E-state index < -0.39 is 0 Å². The number of carbonyl (C=O) groups is 1. The Morgan fingerprint density at radius 2 is 2.09 bits per heavy atom. The Labute approximate surface area is 137 Å². The first kappa shape index (κ1) is 14.9. The van der Waals surface area contributed by atoms with Crippen molar-refractivity contribution in [3.63, 3.8) is 0 Å². The van der Waals surface area contributed by atoms with Crippen LogP contribution in [0.3, 0.4) is 0 Å². The van der Waals surface area contributed by atoms with E-state index in [1.165, 1.54) is 11.8 Å². The molecule has 2 N–H and O–H groups in total. The number of nitrogens with one attached hydrogen (secondary N) is 2. The maximum Gasteiger partial charge on any atom is 0.237 e. The molecule has 0 aliphatic rings. The lowest BCUT2D eigenvalue weighted by Gasteiger charge is -2.10. The van der Waals surface area contributed by atoms with Gasteiger partial charge in [-0.1, -0.05) is 41.6 Å². The van der Waals surface area contributed by atoms with E-state index in [2.05, 4.69) is 15.3 Å². The molecule has 0 unspecified atom stereocenters. The number of benzene rings is 2. The molecular formula is C16H14ClN3OS. The van der Waals surface area contributed by atoms with Crippen LogP contribution in [0.4, 0.5) is 5.69 Å². The molecule has 1 aromatic heterocycles. The van der Waals surface area contributed by atoms with Crippen molar-refractivity contribution in [2.45, 2.75) is 17.3 Å². The van der Waals surface area contributed by atoms with Crippen molar-refractivity contribution < 1.29 is 4.79 Å². The first-order chi connectivity index (χ1) is 10.6. The molecule has 4 nitrogen and oxygen atoms in total. The molecule has 22 heavy (non-hydrogen) atoms. The third-order valence-corrected chi connectivity index (χ3v) is 4.34. The summed E-state index contributed by atoms with van der Waals surface area (Å²) in [4.78, 5) is 19.9. The van der Waals surface area contributed by atoms with Gasteiger partial charge in [0, 0.05) is 10.7 Å². The van der Waals surface area contributed by atoms with Crippen LogP contribution in [0, 0.1) is 0 Å². The molecule has 3 rings (SSSR count). The number of aromatic nitrogens is 2. The average molecular weight is 332 g/mol. The monoisotopic (exact) mass is 331 g/mol. The number of amides is 1. The van der Waals surface area contributed by atoms with Gasteiger partial charge in [-0.15, -0.1) is 0 Å². The Morgan fingerprint density at radius 3 is 2.86 bits per heavy atom. The molecule has 0 spiro atoms. The number of hydrogen-bond acceptors (Lipinski definition) is 3. The van der Waals surface area contributed by atoms with Crippen molar-refractivity contribution in [1.82, 2.24) is 9.97 Å². The molecule has 1 amide bonds. The highest BCUT2D eigenvalue weighted by atomic mass is 35.5. The summed E-state index contributed by atoms with van der Waals surface area (Å²) in [7, 11) is 0. The predicted molar refractivity (Wildman–Crippen MR) is 91.5 cm³/mol. The van der Waals surface area contributed by atoms with E-state index in [0.717, 1.165) is 16.2 Å². The van der Waals surface area contributed by atoms with Crippen LogP contribution in [0.5, 0.6) is 0 Å². The van der Waals surface area contributed by atoms with Gasteiger partial charge in [-0.3, -0.25) is 4.79 Å². The molecule has 0 fully saturated rings. The van der Waals surface area contributed by atoms with E-state index in [-0.39, 0.29) is 11.2 Å². The molecule has 6 heteroatoms. The lowest BCUT2D eigenvalue weighted by molar-refractivity contribution is -0.115. The maximum atomic E-state index is 12.2. The van der Waals surface area contributed by atoms with E-state index in [9.17, 15) is 4.79 Å². The van der Waals surface area contributed by atoms with Crippen molar-refractivity contribution >= 4 is 46.0 Å². The molecular weight excluding hydrogens is 318 g/mol. The molecule has 0 saturated heterocycles. The van der Waals surface area contributed by atoms with Gasteiger partial charge in [-0.05, 0) is 37.3 Å². The Balaban J connectivity index is 1.68. The summed E-state index contributed by atoms with van der Waals surface area (Å²) < 4.78 is 0. The van der Waals surface area contributed by atoms with Crippen molar-refractivity contribution in [1.29, 1.82) is 0 Å². The molecule has 1 heterocycles. The molecule has 0 saturated carbocycles. The molecule has 2 aromatic carbocycles. The van der Waals surface area contributed by atoms with Gasteiger partial charge in [0.25, 0.3) is 0 Å². The minimum Gasteiger partial charge on any atom is -0.333 e. The summed E-state index contributed by atoms with van der Waals surface area (Å²) in [6.45, 7) is 1.84. The van der Waals surface area contributed by atoms with E-state index in [1.54, 1.807) is 18.2 Å². The number of halogens is 1. The van der Waals surface area contributed by atoms with Crippen LogP contribution in [0.25, 0.3) is 11.0 Å². The Bertz CT molecular complexity index is 785.